The molecule has 2 N–H and O–H groups in total. The van der Waals surface area contributed by atoms with Crippen molar-refractivity contribution in [1.29, 1.82) is 0 Å². The van der Waals surface area contributed by atoms with E-state index in [-0.39, 0.29) is 6.10 Å². The number of rotatable bonds is 9. The summed E-state index contributed by atoms with van der Waals surface area (Å²) in [5.41, 5.74) is 0. The molecule has 1 rings (SSSR count). The van der Waals surface area contributed by atoms with E-state index in [1.54, 1.807) is 7.05 Å². The standard InChI is InChI=1S/C11H25N3O3S/c1-12-7-4-9-14(2)18(15,16)13-8-6-11-5-3-10-17-11/h11-13H,3-10H2,1-2H3. The third-order valence-corrected chi connectivity index (χ3v) is 4.66. The molecule has 0 aromatic carbocycles. The maximum Gasteiger partial charge on any atom is 0.279 e. The Labute approximate surface area is 110 Å². The summed E-state index contributed by atoms with van der Waals surface area (Å²) in [5.74, 6) is 0. The average Bonchev–Trinajstić information content (AvgIpc) is 2.82. The van der Waals surface area contributed by atoms with Gasteiger partial charge >= 0.3 is 0 Å². The second-order valence-electron chi connectivity index (χ2n) is 4.60. The lowest BCUT2D eigenvalue weighted by molar-refractivity contribution is 0.105. The van der Waals surface area contributed by atoms with Crippen LogP contribution in [0.1, 0.15) is 25.7 Å². The Morgan fingerprint density at radius 3 is 2.78 bits per heavy atom. The zero-order valence-electron chi connectivity index (χ0n) is 11.3. The molecule has 1 aliphatic heterocycles. The molecule has 1 heterocycles. The molecule has 1 unspecified atom stereocenters. The summed E-state index contributed by atoms with van der Waals surface area (Å²) in [6.45, 7) is 2.59. The fraction of sp³-hybridized carbons (Fsp3) is 1.00. The minimum Gasteiger partial charge on any atom is -0.378 e. The van der Waals surface area contributed by atoms with Gasteiger partial charge in [0.2, 0.25) is 0 Å². The van der Waals surface area contributed by atoms with Crippen molar-refractivity contribution < 1.29 is 13.2 Å². The van der Waals surface area contributed by atoms with E-state index in [9.17, 15) is 8.42 Å². The zero-order valence-corrected chi connectivity index (χ0v) is 12.1. The summed E-state index contributed by atoms with van der Waals surface area (Å²) in [7, 11) is 0.124. The molecule has 0 aliphatic carbocycles. The normalized spacial score (nSPS) is 20.7. The van der Waals surface area contributed by atoms with Gasteiger partial charge in [-0.2, -0.15) is 12.7 Å². The maximum absolute atomic E-state index is 11.9. The van der Waals surface area contributed by atoms with Gasteiger partial charge in [-0.05, 0) is 39.3 Å². The SMILES string of the molecule is CNCCCN(C)S(=O)(=O)NCCC1CCCO1. The molecule has 7 heteroatoms. The lowest BCUT2D eigenvalue weighted by Crippen LogP contribution is -2.40. The minimum atomic E-state index is -3.33. The minimum absolute atomic E-state index is 0.224. The van der Waals surface area contributed by atoms with Gasteiger partial charge in [0.1, 0.15) is 0 Å². The van der Waals surface area contributed by atoms with Crippen molar-refractivity contribution in [3.63, 3.8) is 0 Å². The van der Waals surface area contributed by atoms with Crippen LogP contribution in [0.4, 0.5) is 0 Å². The third-order valence-electron chi connectivity index (χ3n) is 3.08. The van der Waals surface area contributed by atoms with E-state index in [1.165, 1.54) is 4.31 Å². The van der Waals surface area contributed by atoms with Crippen molar-refractivity contribution in [2.75, 3.05) is 40.3 Å². The van der Waals surface area contributed by atoms with Crippen LogP contribution in [-0.2, 0) is 14.9 Å². The number of hydrogen-bond acceptors (Lipinski definition) is 4. The summed E-state index contributed by atoms with van der Waals surface area (Å²) in [4.78, 5) is 0. The highest BCUT2D eigenvalue weighted by Gasteiger charge is 2.19. The lowest BCUT2D eigenvalue weighted by Gasteiger charge is -2.18. The summed E-state index contributed by atoms with van der Waals surface area (Å²) in [6.07, 6.45) is 3.91. The largest absolute Gasteiger partial charge is 0.378 e. The maximum atomic E-state index is 11.9. The molecular formula is C11H25N3O3S. The van der Waals surface area contributed by atoms with Gasteiger partial charge in [-0.1, -0.05) is 0 Å². The Hall–Kier alpha value is -0.210. The lowest BCUT2D eigenvalue weighted by atomic mass is 10.2. The van der Waals surface area contributed by atoms with Crippen molar-refractivity contribution in [3.05, 3.63) is 0 Å². The summed E-state index contributed by atoms with van der Waals surface area (Å²) in [6, 6.07) is 0. The summed E-state index contributed by atoms with van der Waals surface area (Å²) >= 11 is 0. The van der Waals surface area contributed by atoms with Crippen molar-refractivity contribution in [2.24, 2.45) is 0 Å². The highest BCUT2D eigenvalue weighted by atomic mass is 32.2. The van der Waals surface area contributed by atoms with Crippen LogP contribution in [0.3, 0.4) is 0 Å². The van der Waals surface area contributed by atoms with Crippen LogP contribution < -0.4 is 10.0 Å². The molecule has 0 aromatic rings. The van der Waals surface area contributed by atoms with E-state index in [4.69, 9.17) is 4.74 Å². The molecule has 18 heavy (non-hydrogen) atoms. The van der Waals surface area contributed by atoms with Crippen LogP contribution in [0.15, 0.2) is 0 Å². The van der Waals surface area contributed by atoms with Crippen LogP contribution in [0.2, 0.25) is 0 Å². The fourth-order valence-corrected chi connectivity index (χ4v) is 2.90. The van der Waals surface area contributed by atoms with Gasteiger partial charge in [0.25, 0.3) is 10.2 Å². The number of nitrogens with zero attached hydrogens (tertiary/aromatic N) is 1. The smallest absolute Gasteiger partial charge is 0.279 e. The van der Waals surface area contributed by atoms with Gasteiger partial charge in [0, 0.05) is 26.7 Å². The van der Waals surface area contributed by atoms with Crippen molar-refractivity contribution in [3.8, 4) is 0 Å². The van der Waals surface area contributed by atoms with Gasteiger partial charge in [-0.25, -0.2) is 4.72 Å². The van der Waals surface area contributed by atoms with E-state index in [2.05, 4.69) is 10.0 Å². The zero-order chi connectivity index (χ0) is 13.4. The molecule has 0 saturated carbocycles. The van der Waals surface area contributed by atoms with Gasteiger partial charge in [0.15, 0.2) is 0 Å². The van der Waals surface area contributed by atoms with Crippen LogP contribution in [0.25, 0.3) is 0 Å². The molecule has 0 amide bonds. The molecule has 0 aromatic heterocycles. The highest BCUT2D eigenvalue weighted by molar-refractivity contribution is 7.87. The molecule has 0 spiro atoms. The summed E-state index contributed by atoms with van der Waals surface area (Å²) < 4.78 is 33.1. The molecule has 1 saturated heterocycles. The van der Waals surface area contributed by atoms with Gasteiger partial charge < -0.3 is 10.1 Å². The number of nitrogens with one attached hydrogen (secondary N) is 2. The van der Waals surface area contributed by atoms with E-state index < -0.39 is 10.2 Å². The Balaban J connectivity index is 2.20. The predicted octanol–water partition coefficient (Wildman–Crippen LogP) is -0.0688. The molecule has 0 bridgehead atoms. The molecule has 0 radical (unpaired) electrons. The topological polar surface area (TPSA) is 70.7 Å². The van der Waals surface area contributed by atoms with Crippen LogP contribution >= 0.6 is 0 Å². The average molecular weight is 279 g/mol. The third kappa shape index (κ3) is 5.62. The Kier molecular flexibility index (Phi) is 7.10. The van der Waals surface area contributed by atoms with Crippen LogP contribution in [0.5, 0.6) is 0 Å². The van der Waals surface area contributed by atoms with Gasteiger partial charge in [-0.3, -0.25) is 0 Å². The molecule has 1 fully saturated rings. The Bertz CT molecular complexity index is 315. The van der Waals surface area contributed by atoms with Gasteiger partial charge in [-0.15, -0.1) is 0 Å². The van der Waals surface area contributed by atoms with E-state index >= 15 is 0 Å². The number of hydrogen-bond donors (Lipinski definition) is 2. The molecular weight excluding hydrogens is 254 g/mol. The van der Waals surface area contributed by atoms with E-state index in [0.29, 0.717) is 13.1 Å². The molecule has 1 atom stereocenters. The molecule has 1 aliphatic rings. The Morgan fingerprint density at radius 1 is 1.39 bits per heavy atom. The van der Waals surface area contributed by atoms with E-state index in [0.717, 1.165) is 38.8 Å². The van der Waals surface area contributed by atoms with E-state index in [1.807, 2.05) is 7.05 Å². The van der Waals surface area contributed by atoms with Crippen molar-refractivity contribution >= 4 is 10.2 Å². The second kappa shape index (κ2) is 8.06. The second-order valence-corrected chi connectivity index (χ2v) is 6.46. The molecule has 108 valence electrons. The van der Waals surface area contributed by atoms with Crippen LogP contribution in [-0.4, -0.2) is 59.2 Å². The fourth-order valence-electron chi connectivity index (χ4n) is 1.93. The first-order valence-corrected chi connectivity index (χ1v) is 7.97. The first kappa shape index (κ1) is 15.8. The van der Waals surface area contributed by atoms with Gasteiger partial charge in [0.05, 0.1) is 6.10 Å². The first-order valence-electron chi connectivity index (χ1n) is 6.53. The van der Waals surface area contributed by atoms with Crippen molar-refractivity contribution in [1.82, 2.24) is 14.3 Å². The quantitative estimate of drug-likeness (QED) is 0.580. The van der Waals surface area contributed by atoms with Crippen molar-refractivity contribution in [2.45, 2.75) is 31.8 Å². The first-order chi connectivity index (χ1) is 8.56. The Morgan fingerprint density at radius 2 is 2.17 bits per heavy atom. The number of ether oxygens (including phenoxy) is 1. The highest BCUT2D eigenvalue weighted by Crippen LogP contribution is 2.14. The monoisotopic (exact) mass is 279 g/mol. The molecule has 6 nitrogen and oxygen atoms in total. The predicted molar refractivity (Wildman–Crippen MR) is 71.7 cm³/mol. The summed E-state index contributed by atoms with van der Waals surface area (Å²) in [5, 5.41) is 3.00. The van der Waals surface area contributed by atoms with Crippen LogP contribution in [0, 0.1) is 0 Å².